The molecule has 0 aliphatic carbocycles. The summed E-state index contributed by atoms with van der Waals surface area (Å²) < 4.78 is 30.5. The average molecular weight is 524 g/mol. The van der Waals surface area contributed by atoms with Crippen molar-refractivity contribution in [2.45, 2.75) is 33.2 Å². The maximum atomic E-state index is 11.6. The zero-order chi connectivity index (χ0) is 19.9. The van der Waals surface area contributed by atoms with E-state index >= 15 is 0 Å². The first-order valence-electron chi connectivity index (χ1n) is 9.45. The summed E-state index contributed by atoms with van der Waals surface area (Å²) >= 11 is 0. The van der Waals surface area contributed by atoms with Crippen molar-refractivity contribution in [1.82, 2.24) is 14.9 Å². The Morgan fingerprint density at radius 1 is 1.29 bits per heavy atom. The Balaban J connectivity index is 0.00000392. The fourth-order valence-corrected chi connectivity index (χ4v) is 4.06. The number of halogens is 1. The minimum atomic E-state index is -3.07. The third-order valence-electron chi connectivity index (χ3n) is 4.79. The molecule has 0 atom stereocenters. The maximum absolute atomic E-state index is 11.6. The lowest BCUT2D eigenvalue weighted by molar-refractivity contribution is 0.275. The predicted molar refractivity (Wildman–Crippen MR) is 125 cm³/mol. The van der Waals surface area contributed by atoms with Crippen molar-refractivity contribution >= 4 is 40.0 Å². The first-order valence-corrected chi connectivity index (χ1v) is 11.3. The highest BCUT2D eigenvalue weighted by Gasteiger charge is 2.24. The Morgan fingerprint density at radius 3 is 2.54 bits per heavy atom. The van der Waals surface area contributed by atoms with Crippen LogP contribution in [0.4, 0.5) is 0 Å². The summed E-state index contributed by atoms with van der Waals surface area (Å²) in [4.78, 5) is 4.28. The number of aliphatic imine (C=N–C) groups is 1. The molecule has 0 unspecified atom stereocenters. The predicted octanol–water partition coefficient (Wildman–Crippen LogP) is 2.35. The molecule has 0 spiro atoms. The molecule has 0 aromatic heterocycles. The van der Waals surface area contributed by atoms with Crippen LogP contribution >= 0.6 is 24.0 Å². The Hall–Kier alpha value is -1.07. The van der Waals surface area contributed by atoms with Crippen LogP contribution in [0.2, 0.25) is 0 Å². The van der Waals surface area contributed by atoms with Crippen molar-refractivity contribution in [3.8, 4) is 5.75 Å². The standard InChI is InChI=1S/C19H32N4O3S.HI/c1-5-26-18-12-15(2)6-7-17(18)14-22-19(20-3)21-13-16-8-10-23(11-9-16)27(4,24)25;/h6-7,12,16H,5,8-11,13-14H2,1-4H3,(H2,20,21,22);1H. The van der Waals surface area contributed by atoms with Crippen molar-refractivity contribution in [3.05, 3.63) is 29.3 Å². The van der Waals surface area contributed by atoms with E-state index in [1.807, 2.05) is 13.0 Å². The Morgan fingerprint density at radius 2 is 1.96 bits per heavy atom. The lowest BCUT2D eigenvalue weighted by atomic mass is 9.98. The average Bonchev–Trinajstić information content (AvgIpc) is 2.63. The molecule has 1 aromatic rings. The second-order valence-electron chi connectivity index (χ2n) is 6.96. The monoisotopic (exact) mass is 524 g/mol. The molecule has 9 heteroatoms. The van der Waals surface area contributed by atoms with E-state index in [9.17, 15) is 8.42 Å². The number of hydrogen-bond donors (Lipinski definition) is 2. The van der Waals surface area contributed by atoms with Crippen molar-refractivity contribution in [1.29, 1.82) is 0 Å². The van der Waals surface area contributed by atoms with Crippen LogP contribution < -0.4 is 15.4 Å². The number of piperidine rings is 1. The van der Waals surface area contributed by atoms with E-state index in [0.29, 0.717) is 32.2 Å². The number of benzene rings is 1. The minimum Gasteiger partial charge on any atom is -0.494 e. The van der Waals surface area contributed by atoms with Crippen LogP contribution in [0.3, 0.4) is 0 Å². The van der Waals surface area contributed by atoms with Gasteiger partial charge in [-0.15, -0.1) is 24.0 Å². The molecular formula is C19H33IN4O3S. The summed E-state index contributed by atoms with van der Waals surface area (Å²) in [7, 11) is -1.32. The van der Waals surface area contributed by atoms with E-state index in [-0.39, 0.29) is 24.0 Å². The molecule has 0 saturated carbocycles. The quantitative estimate of drug-likeness (QED) is 0.325. The van der Waals surface area contributed by atoms with Gasteiger partial charge in [-0.3, -0.25) is 4.99 Å². The normalized spacial score (nSPS) is 16.4. The molecule has 0 bridgehead atoms. The number of rotatable bonds is 7. The van der Waals surface area contributed by atoms with Gasteiger partial charge in [-0.1, -0.05) is 12.1 Å². The molecule has 28 heavy (non-hydrogen) atoms. The summed E-state index contributed by atoms with van der Waals surface area (Å²) in [6.45, 7) is 7.27. The van der Waals surface area contributed by atoms with Crippen LogP contribution in [0.15, 0.2) is 23.2 Å². The van der Waals surface area contributed by atoms with E-state index in [1.54, 1.807) is 11.4 Å². The first kappa shape index (κ1) is 25.0. The lowest BCUT2D eigenvalue weighted by Gasteiger charge is -2.30. The largest absolute Gasteiger partial charge is 0.494 e. The van der Waals surface area contributed by atoms with Gasteiger partial charge in [0.25, 0.3) is 0 Å². The molecule has 7 nitrogen and oxygen atoms in total. The fourth-order valence-electron chi connectivity index (χ4n) is 3.18. The van der Waals surface area contributed by atoms with Gasteiger partial charge in [-0.2, -0.15) is 0 Å². The molecule has 1 saturated heterocycles. The van der Waals surface area contributed by atoms with Crippen molar-refractivity contribution < 1.29 is 13.2 Å². The van der Waals surface area contributed by atoms with Gasteiger partial charge in [0, 0.05) is 38.8 Å². The molecule has 2 rings (SSSR count). The molecule has 160 valence electrons. The summed E-state index contributed by atoms with van der Waals surface area (Å²) in [5.41, 5.74) is 2.26. The molecule has 1 fully saturated rings. The van der Waals surface area contributed by atoms with E-state index in [0.717, 1.165) is 36.7 Å². The smallest absolute Gasteiger partial charge is 0.211 e. The number of sulfonamides is 1. The van der Waals surface area contributed by atoms with Gasteiger partial charge in [0.15, 0.2) is 5.96 Å². The van der Waals surface area contributed by atoms with Gasteiger partial charge in [0.2, 0.25) is 10.0 Å². The van der Waals surface area contributed by atoms with Crippen LogP contribution in [-0.4, -0.2) is 58.2 Å². The molecule has 1 aromatic carbocycles. The van der Waals surface area contributed by atoms with Crippen LogP contribution in [0.1, 0.15) is 30.9 Å². The zero-order valence-corrected chi connectivity index (χ0v) is 20.3. The summed E-state index contributed by atoms with van der Waals surface area (Å²) in [5.74, 6) is 2.08. The van der Waals surface area contributed by atoms with Gasteiger partial charge in [0.1, 0.15) is 5.75 Å². The van der Waals surface area contributed by atoms with Gasteiger partial charge >= 0.3 is 0 Å². The molecule has 0 amide bonds. The molecule has 1 aliphatic heterocycles. The first-order chi connectivity index (χ1) is 12.8. The molecule has 1 heterocycles. The molecule has 1 aliphatic rings. The molecule has 0 radical (unpaired) electrons. The van der Waals surface area contributed by atoms with Crippen LogP contribution in [0, 0.1) is 12.8 Å². The number of aryl methyl sites for hydroxylation is 1. The SMILES string of the molecule is CCOc1cc(C)ccc1CNC(=NC)NCC1CCN(S(C)(=O)=O)CC1.I. The number of nitrogens with one attached hydrogen (secondary N) is 2. The van der Waals surface area contributed by atoms with Crippen LogP contribution in [0.25, 0.3) is 0 Å². The number of nitrogens with zero attached hydrogens (tertiary/aromatic N) is 2. The molecule has 2 N–H and O–H groups in total. The van der Waals surface area contributed by atoms with E-state index in [1.165, 1.54) is 11.8 Å². The van der Waals surface area contributed by atoms with Gasteiger partial charge in [-0.05, 0) is 44.2 Å². The van der Waals surface area contributed by atoms with E-state index in [4.69, 9.17) is 4.74 Å². The van der Waals surface area contributed by atoms with Crippen molar-refractivity contribution in [3.63, 3.8) is 0 Å². The van der Waals surface area contributed by atoms with Gasteiger partial charge in [0.05, 0.1) is 12.9 Å². The number of hydrogen-bond acceptors (Lipinski definition) is 4. The van der Waals surface area contributed by atoms with Gasteiger partial charge < -0.3 is 15.4 Å². The third kappa shape index (κ3) is 7.75. The van der Waals surface area contributed by atoms with Crippen LogP contribution in [0.5, 0.6) is 5.75 Å². The van der Waals surface area contributed by atoms with Crippen molar-refractivity contribution in [2.24, 2.45) is 10.9 Å². The summed E-state index contributed by atoms with van der Waals surface area (Å²) in [5, 5.41) is 6.69. The second kappa shape index (κ2) is 11.8. The highest BCUT2D eigenvalue weighted by Crippen LogP contribution is 2.20. The zero-order valence-electron chi connectivity index (χ0n) is 17.2. The Bertz CT molecular complexity index is 748. The van der Waals surface area contributed by atoms with E-state index in [2.05, 4.69) is 34.7 Å². The Labute approximate surface area is 186 Å². The number of guanidine groups is 1. The summed E-state index contributed by atoms with van der Waals surface area (Å²) in [6, 6.07) is 6.19. The van der Waals surface area contributed by atoms with Gasteiger partial charge in [-0.25, -0.2) is 12.7 Å². The maximum Gasteiger partial charge on any atom is 0.211 e. The Kier molecular flexibility index (Phi) is 10.5. The fraction of sp³-hybridized carbons (Fsp3) is 0.632. The van der Waals surface area contributed by atoms with Crippen LogP contribution in [-0.2, 0) is 16.6 Å². The third-order valence-corrected chi connectivity index (χ3v) is 6.10. The molecular weight excluding hydrogens is 491 g/mol. The summed E-state index contributed by atoms with van der Waals surface area (Å²) in [6.07, 6.45) is 3.01. The second-order valence-corrected chi connectivity index (χ2v) is 8.94. The lowest BCUT2D eigenvalue weighted by Crippen LogP contribution is -2.43. The highest BCUT2D eigenvalue weighted by atomic mass is 127. The highest BCUT2D eigenvalue weighted by molar-refractivity contribution is 14.0. The topological polar surface area (TPSA) is 83.0 Å². The van der Waals surface area contributed by atoms with Crippen molar-refractivity contribution in [2.75, 3.05) is 39.5 Å². The number of ether oxygens (including phenoxy) is 1. The minimum absolute atomic E-state index is 0. The van der Waals surface area contributed by atoms with E-state index < -0.39 is 10.0 Å².